The lowest BCUT2D eigenvalue weighted by Gasteiger charge is -2.28. The first-order valence-corrected chi connectivity index (χ1v) is 13.5. The Hall–Kier alpha value is -3.85. The minimum absolute atomic E-state index is 0.114. The van der Waals surface area contributed by atoms with Crippen LogP contribution in [0.15, 0.2) is 43.0 Å². The van der Waals surface area contributed by atoms with E-state index in [2.05, 4.69) is 15.0 Å². The Morgan fingerprint density at radius 2 is 1.95 bits per heavy atom. The van der Waals surface area contributed by atoms with Crippen molar-refractivity contribution in [2.75, 3.05) is 32.6 Å². The Morgan fingerprint density at radius 1 is 1.17 bits per heavy atom. The quantitative estimate of drug-likeness (QED) is 0.393. The Labute approximate surface area is 236 Å². The highest BCUT2D eigenvalue weighted by atomic mass is 16.8. The molecule has 1 amide bonds. The zero-order chi connectivity index (χ0) is 28.7. The molecular weight excluding hydrogens is 534 g/mol. The van der Waals surface area contributed by atoms with Crippen LogP contribution in [-0.4, -0.2) is 98.4 Å². The van der Waals surface area contributed by atoms with Crippen LogP contribution in [0.3, 0.4) is 0 Å². The molecule has 0 spiro atoms. The second-order valence-electron chi connectivity index (χ2n) is 10.9. The van der Waals surface area contributed by atoms with Crippen LogP contribution >= 0.6 is 0 Å². The van der Waals surface area contributed by atoms with E-state index < -0.39 is 36.2 Å². The van der Waals surface area contributed by atoms with Crippen molar-refractivity contribution in [2.45, 2.75) is 63.2 Å². The third kappa shape index (κ3) is 5.43. The van der Waals surface area contributed by atoms with Crippen LogP contribution in [0.2, 0.25) is 0 Å². The van der Waals surface area contributed by atoms with E-state index in [1.807, 2.05) is 56.1 Å². The van der Waals surface area contributed by atoms with Crippen LogP contribution in [0.4, 0.5) is 10.6 Å². The number of carbonyl (C=O) groups excluding carboxylic acids is 2. The summed E-state index contributed by atoms with van der Waals surface area (Å²) in [6.45, 7) is 4.69. The fourth-order valence-corrected chi connectivity index (χ4v) is 5.53. The van der Waals surface area contributed by atoms with Gasteiger partial charge in [0.1, 0.15) is 42.8 Å². The molecule has 1 aromatic carbocycles. The molecule has 0 radical (unpaired) electrons. The molecule has 41 heavy (non-hydrogen) atoms. The summed E-state index contributed by atoms with van der Waals surface area (Å²) in [5, 5.41) is 0. The monoisotopic (exact) mass is 567 g/mol. The van der Waals surface area contributed by atoms with Gasteiger partial charge in [-0.3, -0.25) is 9.47 Å². The number of nitrogens with two attached hydrogens (primary N) is 1. The van der Waals surface area contributed by atoms with Crippen LogP contribution in [0.1, 0.15) is 32.1 Å². The number of benzene rings is 1. The van der Waals surface area contributed by atoms with Crippen LogP contribution in [-0.2, 0) is 35.1 Å². The molecule has 0 saturated carbocycles. The highest BCUT2D eigenvalue weighted by Gasteiger charge is 2.56. The number of hydrogen-bond donors (Lipinski definition) is 1. The first-order chi connectivity index (χ1) is 19.7. The summed E-state index contributed by atoms with van der Waals surface area (Å²) in [4.78, 5) is 41.3. The van der Waals surface area contributed by atoms with Gasteiger partial charge < -0.3 is 34.3 Å². The van der Waals surface area contributed by atoms with Gasteiger partial charge in [0.05, 0.1) is 6.33 Å². The number of aromatic nitrogens is 4. The first kappa shape index (κ1) is 27.3. The van der Waals surface area contributed by atoms with Crippen molar-refractivity contribution in [2.24, 2.45) is 0 Å². The van der Waals surface area contributed by atoms with Crippen molar-refractivity contribution < 1.29 is 33.3 Å². The Kier molecular flexibility index (Phi) is 7.23. The molecule has 3 aliphatic heterocycles. The van der Waals surface area contributed by atoms with E-state index in [4.69, 9.17) is 29.4 Å². The molecule has 0 aliphatic carbocycles. The average molecular weight is 568 g/mol. The summed E-state index contributed by atoms with van der Waals surface area (Å²) in [7, 11) is 1.92. The third-order valence-electron chi connectivity index (χ3n) is 7.50. The fourth-order valence-electron chi connectivity index (χ4n) is 5.53. The summed E-state index contributed by atoms with van der Waals surface area (Å²) < 4.78 is 31.3. The maximum absolute atomic E-state index is 12.7. The number of nitrogens with zero attached hydrogens (tertiary/aromatic N) is 6. The van der Waals surface area contributed by atoms with Gasteiger partial charge in [-0.1, -0.05) is 30.3 Å². The number of amides is 1. The van der Waals surface area contributed by atoms with E-state index in [9.17, 15) is 9.59 Å². The second kappa shape index (κ2) is 10.9. The van der Waals surface area contributed by atoms with Crippen molar-refractivity contribution in [3.8, 4) is 0 Å². The molecule has 3 aliphatic rings. The molecule has 3 saturated heterocycles. The van der Waals surface area contributed by atoms with Gasteiger partial charge in [0.2, 0.25) is 0 Å². The smallest absolute Gasteiger partial charge is 0.413 e. The molecular formula is C27H33N7O7. The number of likely N-dealkylation sites (N-methyl/N-ethyl adjacent to an activating group) is 1. The van der Waals surface area contributed by atoms with Crippen LogP contribution < -0.4 is 5.73 Å². The molecule has 3 fully saturated rings. The van der Waals surface area contributed by atoms with E-state index in [0.717, 1.165) is 5.56 Å². The van der Waals surface area contributed by atoms with Crippen LogP contribution in [0.25, 0.3) is 11.2 Å². The van der Waals surface area contributed by atoms with Gasteiger partial charge in [0, 0.05) is 13.1 Å². The SMILES string of the molecule is CN(CC[C@H]1C(=O)OCN1C(=O)OCc1ccccc1)C[C@H]1O[C@@H](n2cnc3c(N)ncnc32)[C@@H]2OC(C)(C)O[C@@H]21. The molecule has 5 atom stereocenters. The number of ether oxygens (including phenoxy) is 5. The summed E-state index contributed by atoms with van der Waals surface area (Å²) in [5.41, 5.74) is 7.87. The number of imidazole rings is 1. The number of cyclic esters (lactones) is 1. The van der Waals surface area contributed by atoms with Crippen molar-refractivity contribution >= 4 is 29.0 Å². The minimum atomic E-state index is -0.799. The predicted molar refractivity (Wildman–Crippen MR) is 143 cm³/mol. The van der Waals surface area contributed by atoms with Crippen molar-refractivity contribution in [3.63, 3.8) is 0 Å². The molecule has 218 valence electrons. The molecule has 14 nitrogen and oxygen atoms in total. The Balaban J connectivity index is 1.09. The van der Waals surface area contributed by atoms with Crippen molar-refractivity contribution in [1.82, 2.24) is 29.3 Å². The maximum atomic E-state index is 12.7. The highest BCUT2D eigenvalue weighted by molar-refractivity contribution is 5.84. The van der Waals surface area contributed by atoms with Gasteiger partial charge >= 0.3 is 12.1 Å². The third-order valence-corrected chi connectivity index (χ3v) is 7.50. The number of nitrogen functional groups attached to an aromatic ring is 1. The summed E-state index contributed by atoms with van der Waals surface area (Å²) >= 11 is 0. The van der Waals surface area contributed by atoms with Crippen LogP contribution in [0.5, 0.6) is 0 Å². The minimum Gasteiger partial charge on any atom is -0.444 e. The van der Waals surface area contributed by atoms with E-state index in [-0.39, 0.29) is 31.4 Å². The number of anilines is 1. The predicted octanol–water partition coefficient (Wildman–Crippen LogP) is 1.67. The average Bonchev–Trinajstić information content (AvgIpc) is 3.69. The molecule has 5 heterocycles. The number of fused-ring (bicyclic) bond motifs is 2. The second-order valence-corrected chi connectivity index (χ2v) is 10.9. The molecule has 2 N–H and O–H groups in total. The van der Waals surface area contributed by atoms with Crippen LogP contribution in [0, 0.1) is 0 Å². The molecule has 2 aromatic heterocycles. The number of esters is 1. The molecule has 6 rings (SSSR count). The van der Waals surface area contributed by atoms with Gasteiger partial charge in [-0.2, -0.15) is 0 Å². The Bertz CT molecular complexity index is 1420. The van der Waals surface area contributed by atoms with Gasteiger partial charge in [-0.15, -0.1) is 0 Å². The normalized spacial score (nSPS) is 27.0. The van der Waals surface area contributed by atoms with Gasteiger partial charge in [-0.05, 0) is 32.9 Å². The maximum Gasteiger partial charge on any atom is 0.413 e. The number of carbonyl (C=O) groups is 2. The fraction of sp³-hybridized carbons (Fsp3) is 0.519. The standard InChI is InChI=1S/C27H33N7O7/c1-27(2)40-20-18(39-24(21(20)41-27)33-14-31-19-22(28)29-13-30-23(19)33)11-32(3)10-9-17-25(35)38-15-34(17)26(36)37-12-16-7-5-4-6-8-16/h4-8,13-14,17-18,20-21,24H,9-12,15H2,1-3H3,(H2,28,29,30)/t17-,18+,20+,21+,24+/m0/s1. The van der Waals surface area contributed by atoms with Gasteiger partial charge in [-0.25, -0.2) is 24.5 Å². The van der Waals surface area contributed by atoms with Crippen molar-refractivity contribution in [1.29, 1.82) is 0 Å². The van der Waals surface area contributed by atoms with E-state index in [1.54, 1.807) is 10.9 Å². The first-order valence-electron chi connectivity index (χ1n) is 13.5. The zero-order valence-electron chi connectivity index (χ0n) is 23.1. The summed E-state index contributed by atoms with van der Waals surface area (Å²) in [5.74, 6) is -0.964. The van der Waals surface area contributed by atoms with E-state index >= 15 is 0 Å². The van der Waals surface area contributed by atoms with Gasteiger partial charge in [0.25, 0.3) is 0 Å². The number of rotatable bonds is 8. The van der Waals surface area contributed by atoms with Gasteiger partial charge in [0.15, 0.2) is 30.2 Å². The van der Waals surface area contributed by atoms with Crippen molar-refractivity contribution in [3.05, 3.63) is 48.5 Å². The topological polar surface area (TPSA) is 156 Å². The molecule has 0 unspecified atom stereocenters. The highest BCUT2D eigenvalue weighted by Crippen LogP contribution is 2.44. The Morgan fingerprint density at radius 3 is 2.76 bits per heavy atom. The summed E-state index contributed by atoms with van der Waals surface area (Å²) in [6.07, 6.45) is 1.13. The largest absolute Gasteiger partial charge is 0.444 e. The van der Waals surface area contributed by atoms with E-state index in [1.165, 1.54) is 11.2 Å². The lowest BCUT2D eigenvalue weighted by molar-refractivity contribution is -0.197. The summed E-state index contributed by atoms with van der Waals surface area (Å²) in [6, 6.07) is 8.62. The molecule has 0 bridgehead atoms. The lowest BCUT2D eigenvalue weighted by atomic mass is 10.1. The molecule has 14 heteroatoms. The lowest BCUT2D eigenvalue weighted by Crippen LogP contribution is -2.42. The molecule has 3 aromatic rings. The number of hydrogen-bond acceptors (Lipinski definition) is 12. The van der Waals surface area contributed by atoms with E-state index in [0.29, 0.717) is 30.7 Å². The zero-order valence-corrected chi connectivity index (χ0v) is 23.1.